The molecule has 0 unspecified atom stereocenters. The maximum Gasteiger partial charge on any atom is 0.490 e. The van der Waals surface area contributed by atoms with E-state index in [1.165, 1.54) is 32.4 Å². The highest BCUT2D eigenvalue weighted by molar-refractivity contribution is 5.95. The third kappa shape index (κ3) is 6.25. The summed E-state index contributed by atoms with van der Waals surface area (Å²) in [5.41, 5.74) is 0.704. The van der Waals surface area contributed by atoms with Crippen LogP contribution in [0.25, 0.3) is 0 Å². The summed E-state index contributed by atoms with van der Waals surface area (Å²) in [6.45, 7) is 5.31. The average molecular weight is 444 g/mol. The van der Waals surface area contributed by atoms with E-state index in [0.717, 1.165) is 31.7 Å². The van der Waals surface area contributed by atoms with Crippen molar-refractivity contribution in [3.05, 3.63) is 23.8 Å². The van der Waals surface area contributed by atoms with E-state index < -0.39 is 12.1 Å². The summed E-state index contributed by atoms with van der Waals surface area (Å²) in [4.78, 5) is 26.3. The van der Waals surface area contributed by atoms with Gasteiger partial charge >= 0.3 is 12.1 Å². The van der Waals surface area contributed by atoms with Crippen molar-refractivity contribution in [1.82, 2.24) is 9.80 Å². The molecule has 172 valence electrons. The Labute approximate surface area is 178 Å². The minimum absolute atomic E-state index is 0.115. The molecule has 1 amide bonds. The number of likely N-dealkylation sites (tertiary alicyclic amines) is 2. The number of alkyl halides is 3. The molecule has 3 aliphatic heterocycles. The number of amides is 1. The smallest absolute Gasteiger partial charge is 0.486 e. The van der Waals surface area contributed by atoms with Crippen LogP contribution in [-0.4, -0.2) is 78.4 Å². The number of hydrogen-bond acceptors (Lipinski definition) is 5. The lowest BCUT2D eigenvalue weighted by atomic mass is 9.99. The molecule has 0 atom stereocenters. The highest BCUT2D eigenvalue weighted by Crippen LogP contribution is 2.31. The highest BCUT2D eigenvalue weighted by atomic mass is 19.4. The van der Waals surface area contributed by atoms with E-state index in [0.29, 0.717) is 30.6 Å². The van der Waals surface area contributed by atoms with Gasteiger partial charge in [-0.05, 0) is 57.0 Å². The van der Waals surface area contributed by atoms with Gasteiger partial charge in [-0.1, -0.05) is 6.42 Å². The van der Waals surface area contributed by atoms with E-state index in [1.807, 2.05) is 23.1 Å². The summed E-state index contributed by atoms with van der Waals surface area (Å²) in [5, 5.41) is 7.12. The first-order valence-electron chi connectivity index (χ1n) is 10.5. The normalized spacial score (nSPS) is 19.9. The molecular weight excluding hydrogens is 417 g/mol. The summed E-state index contributed by atoms with van der Waals surface area (Å²) in [7, 11) is 0. The van der Waals surface area contributed by atoms with Crippen LogP contribution in [0.3, 0.4) is 0 Å². The topological polar surface area (TPSA) is 79.3 Å². The minimum Gasteiger partial charge on any atom is -0.486 e. The molecule has 1 aromatic carbocycles. The van der Waals surface area contributed by atoms with Crippen molar-refractivity contribution in [2.75, 3.05) is 39.4 Å². The fourth-order valence-electron chi connectivity index (χ4n) is 4.08. The largest absolute Gasteiger partial charge is 0.490 e. The molecule has 0 aliphatic carbocycles. The fourth-order valence-corrected chi connectivity index (χ4v) is 4.08. The van der Waals surface area contributed by atoms with Crippen LogP contribution in [0.5, 0.6) is 11.5 Å². The Morgan fingerprint density at radius 3 is 2.10 bits per heavy atom. The summed E-state index contributed by atoms with van der Waals surface area (Å²) >= 11 is 0. The number of hydrogen-bond donors (Lipinski definition) is 1. The Morgan fingerprint density at radius 1 is 0.935 bits per heavy atom. The number of carbonyl (C=O) groups is 2. The number of carboxylic acid groups (broad SMARTS) is 1. The number of benzene rings is 1. The van der Waals surface area contributed by atoms with Crippen molar-refractivity contribution >= 4 is 11.9 Å². The van der Waals surface area contributed by atoms with Crippen LogP contribution in [0.1, 0.15) is 42.5 Å². The third-order valence-corrected chi connectivity index (χ3v) is 5.69. The van der Waals surface area contributed by atoms with Crippen LogP contribution in [0.2, 0.25) is 0 Å². The van der Waals surface area contributed by atoms with E-state index in [-0.39, 0.29) is 5.91 Å². The third-order valence-electron chi connectivity index (χ3n) is 5.69. The summed E-state index contributed by atoms with van der Waals surface area (Å²) < 4.78 is 42.9. The second kappa shape index (κ2) is 10.2. The van der Waals surface area contributed by atoms with Crippen LogP contribution in [0.4, 0.5) is 13.2 Å². The van der Waals surface area contributed by atoms with Gasteiger partial charge in [-0.3, -0.25) is 4.79 Å². The van der Waals surface area contributed by atoms with Gasteiger partial charge in [0.25, 0.3) is 5.91 Å². The number of aliphatic carboxylic acids is 1. The average Bonchev–Trinajstić information content (AvgIpc) is 2.79. The summed E-state index contributed by atoms with van der Waals surface area (Å²) in [6.07, 6.45) is 1.14. The van der Waals surface area contributed by atoms with Crippen LogP contribution < -0.4 is 9.47 Å². The summed E-state index contributed by atoms with van der Waals surface area (Å²) in [6, 6.07) is 6.19. The van der Waals surface area contributed by atoms with Crippen molar-refractivity contribution in [2.45, 2.75) is 44.3 Å². The number of ether oxygens (including phenoxy) is 2. The number of carbonyl (C=O) groups excluding carboxylic acids is 1. The fraction of sp³-hybridized carbons (Fsp3) is 0.619. The first-order chi connectivity index (χ1) is 14.8. The van der Waals surface area contributed by atoms with Gasteiger partial charge in [-0.2, -0.15) is 13.2 Å². The Hall–Kier alpha value is -2.49. The molecule has 1 N–H and O–H groups in total. The molecular formula is C21H27F3N2O5. The van der Waals surface area contributed by atoms with Gasteiger partial charge in [0.2, 0.25) is 0 Å². The van der Waals surface area contributed by atoms with Gasteiger partial charge < -0.3 is 24.4 Å². The van der Waals surface area contributed by atoms with Gasteiger partial charge in [0.15, 0.2) is 11.5 Å². The number of carboxylic acids is 1. The molecule has 7 nitrogen and oxygen atoms in total. The molecule has 0 aromatic heterocycles. The quantitative estimate of drug-likeness (QED) is 0.755. The van der Waals surface area contributed by atoms with E-state index >= 15 is 0 Å². The zero-order valence-corrected chi connectivity index (χ0v) is 17.2. The molecule has 3 aliphatic rings. The van der Waals surface area contributed by atoms with Gasteiger partial charge in [-0.25, -0.2) is 4.79 Å². The van der Waals surface area contributed by atoms with Gasteiger partial charge in [0, 0.05) is 24.7 Å². The number of halogens is 3. The Morgan fingerprint density at radius 2 is 1.52 bits per heavy atom. The highest BCUT2D eigenvalue weighted by Gasteiger charge is 2.38. The van der Waals surface area contributed by atoms with Crippen molar-refractivity contribution in [3.63, 3.8) is 0 Å². The SMILES string of the molecule is O=C(O)C(F)(F)F.O=C(c1ccc2c(c1)OCCO2)N1CCC(N2CCCCC2)CC1. The van der Waals surface area contributed by atoms with Crippen LogP contribution in [0.15, 0.2) is 18.2 Å². The molecule has 0 radical (unpaired) electrons. The van der Waals surface area contributed by atoms with E-state index in [9.17, 15) is 18.0 Å². The van der Waals surface area contributed by atoms with Crippen LogP contribution in [0, 0.1) is 0 Å². The molecule has 3 heterocycles. The molecule has 2 saturated heterocycles. The first kappa shape index (κ1) is 23.2. The van der Waals surface area contributed by atoms with Crippen molar-refractivity contribution in [3.8, 4) is 11.5 Å². The number of piperidine rings is 2. The minimum atomic E-state index is -5.08. The molecule has 0 spiro atoms. The molecule has 2 fully saturated rings. The number of rotatable bonds is 2. The van der Waals surface area contributed by atoms with E-state index in [2.05, 4.69) is 4.90 Å². The van der Waals surface area contributed by atoms with E-state index in [1.54, 1.807) is 0 Å². The maximum absolute atomic E-state index is 12.8. The first-order valence-corrected chi connectivity index (χ1v) is 10.5. The Kier molecular flexibility index (Phi) is 7.64. The molecule has 1 aromatic rings. The second-order valence-electron chi connectivity index (χ2n) is 7.78. The molecule has 4 rings (SSSR count). The monoisotopic (exact) mass is 444 g/mol. The van der Waals surface area contributed by atoms with Crippen LogP contribution >= 0.6 is 0 Å². The van der Waals surface area contributed by atoms with Gasteiger partial charge in [-0.15, -0.1) is 0 Å². The zero-order valence-electron chi connectivity index (χ0n) is 17.2. The van der Waals surface area contributed by atoms with Gasteiger partial charge in [0.1, 0.15) is 13.2 Å². The van der Waals surface area contributed by atoms with Crippen LogP contribution in [-0.2, 0) is 4.79 Å². The van der Waals surface area contributed by atoms with Crippen molar-refractivity contribution in [2.24, 2.45) is 0 Å². The number of fused-ring (bicyclic) bond motifs is 1. The van der Waals surface area contributed by atoms with E-state index in [4.69, 9.17) is 19.4 Å². The lowest BCUT2D eigenvalue weighted by molar-refractivity contribution is -0.192. The molecule has 0 saturated carbocycles. The maximum atomic E-state index is 12.8. The predicted molar refractivity (Wildman–Crippen MR) is 105 cm³/mol. The Balaban J connectivity index is 0.000000339. The zero-order chi connectivity index (χ0) is 22.4. The lowest BCUT2D eigenvalue weighted by Crippen LogP contribution is -2.48. The Bertz CT molecular complexity index is 773. The van der Waals surface area contributed by atoms with Crippen molar-refractivity contribution < 1.29 is 37.3 Å². The lowest BCUT2D eigenvalue weighted by Gasteiger charge is -2.40. The molecule has 0 bridgehead atoms. The standard InChI is InChI=1S/C19H26N2O3.C2HF3O2/c22-19(15-4-5-17-18(14-15)24-13-12-23-17)21-10-6-16(7-11-21)20-8-2-1-3-9-20;3-2(4,5)1(6)7/h4-5,14,16H,1-3,6-13H2;(H,6,7). The molecule has 31 heavy (non-hydrogen) atoms. The predicted octanol–water partition coefficient (Wildman–Crippen LogP) is 3.18. The summed E-state index contributed by atoms with van der Waals surface area (Å²) in [5.74, 6) is -1.21. The van der Waals surface area contributed by atoms with Crippen molar-refractivity contribution in [1.29, 1.82) is 0 Å². The second-order valence-corrected chi connectivity index (χ2v) is 7.78. The van der Waals surface area contributed by atoms with Gasteiger partial charge in [0.05, 0.1) is 0 Å². The number of nitrogens with zero attached hydrogens (tertiary/aromatic N) is 2. The molecule has 10 heteroatoms.